The van der Waals surface area contributed by atoms with E-state index in [-0.39, 0.29) is 18.6 Å². The lowest BCUT2D eigenvalue weighted by Crippen LogP contribution is -2.38. The average molecular weight is 262 g/mol. The number of hydrogen-bond donors (Lipinski definition) is 2. The lowest BCUT2D eigenvalue weighted by molar-refractivity contribution is 0.0676. The minimum absolute atomic E-state index is 0.00939. The summed E-state index contributed by atoms with van der Waals surface area (Å²) >= 11 is 0. The van der Waals surface area contributed by atoms with Crippen LogP contribution in [-0.4, -0.2) is 48.7 Å². The third kappa shape index (κ3) is 3.14. The fourth-order valence-corrected chi connectivity index (χ4v) is 2.65. The van der Waals surface area contributed by atoms with Gasteiger partial charge in [-0.1, -0.05) is 18.2 Å². The predicted molar refractivity (Wildman–Crippen MR) is 75.2 cm³/mol. The van der Waals surface area contributed by atoms with Gasteiger partial charge in [-0.3, -0.25) is 4.79 Å². The van der Waals surface area contributed by atoms with Crippen molar-refractivity contribution < 1.29 is 9.90 Å². The number of rotatable bonds is 5. The molecule has 0 spiro atoms. The van der Waals surface area contributed by atoms with Crippen molar-refractivity contribution in [3.05, 3.63) is 35.4 Å². The van der Waals surface area contributed by atoms with Crippen molar-refractivity contribution in [3.63, 3.8) is 0 Å². The van der Waals surface area contributed by atoms with Crippen molar-refractivity contribution in [2.75, 3.05) is 26.7 Å². The molecule has 1 fully saturated rings. The Morgan fingerprint density at radius 3 is 3.00 bits per heavy atom. The summed E-state index contributed by atoms with van der Waals surface area (Å²) < 4.78 is 0. The van der Waals surface area contributed by atoms with Crippen LogP contribution in [0.3, 0.4) is 0 Å². The van der Waals surface area contributed by atoms with Crippen molar-refractivity contribution in [2.45, 2.75) is 25.3 Å². The van der Waals surface area contributed by atoms with Crippen LogP contribution in [0, 0.1) is 0 Å². The Balaban J connectivity index is 2.18. The molecule has 2 N–H and O–H groups in total. The first-order valence-corrected chi connectivity index (χ1v) is 6.92. The molecule has 1 aromatic rings. The van der Waals surface area contributed by atoms with Gasteiger partial charge in [-0.05, 0) is 44.5 Å². The number of amides is 1. The molecule has 19 heavy (non-hydrogen) atoms. The number of aliphatic hydroxyl groups excluding tert-OH is 1. The number of benzene rings is 1. The summed E-state index contributed by atoms with van der Waals surface area (Å²) in [6, 6.07) is 7.76. The van der Waals surface area contributed by atoms with Crippen LogP contribution in [-0.2, 0) is 6.42 Å². The summed E-state index contributed by atoms with van der Waals surface area (Å²) in [5.41, 5.74) is 1.85. The van der Waals surface area contributed by atoms with E-state index in [9.17, 15) is 9.90 Å². The van der Waals surface area contributed by atoms with Crippen LogP contribution in [0.25, 0.3) is 0 Å². The Bertz CT molecular complexity index is 434. The highest BCUT2D eigenvalue weighted by atomic mass is 16.3. The third-order valence-electron chi connectivity index (χ3n) is 3.74. The zero-order chi connectivity index (χ0) is 13.7. The van der Waals surface area contributed by atoms with E-state index in [4.69, 9.17) is 0 Å². The molecule has 0 unspecified atom stereocenters. The van der Waals surface area contributed by atoms with Crippen molar-refractivity contribution in [3.8, 4) is 0 Å². The highest BCUT2D eigenvalue weighted by Crippen LogP contribution is 2.21. The Hall–Kier alpha value is -1.39. The third-order valence-corrected chi connectivity index (χ3v) is 3.74. The van der Waals surface area contributed by atoms with E-state index in [1.807, 2.05) is 36.2 Å². The molecule has 4 nitrogen and oxygen atoms in total. The van der Waals surface area contributed by atoms with Gasteiger partial charge < -0.3 is 15.3 Å². The summed E-state index contributed by atoms with van der Waals surface area (Å²) in [5, 5.41) is 12.4. The van der Waals surface area contributed by atoms with E-state index in [1.165, 1.54) is 0 Å². The Morgan fingerprint density at radius 1 is 1.47 bits per heavy atom. The van der Waals surface area contributed by atoms with Gasteiger partial charge in [0.1, 0.15) is 0 Å². The van der Waals surface area contributed by atoms with Crippen molar-refractivity contribution in [1.29, 1.82) is 0 Å². The van der Waals surface area contributed by atoms with E-state index in [1.54, 1.807) is 0 Å². The number of carbonyl (C=O) groups is 1. The van der Waals surface area contributed by atoms with E-state index < -0.39 is 0 Å². The summed E-state index contributed by atoms with van der Waals surface area (Å²) in [4.78, 5) is 14.4. The smallest absolute Gasteiger partial charge is 0.254 e. The molecule has 0 bridgehead atoms. The molecule has 1 amide bonds. The molecule has 0 aliphatic carbocycles. The maximum Gasteiger partial charge on any atom is 0.254 e. The molecule has 4 heteroatoms. The van der Waals surface area contributed by atoms with Crippen LogP contribution in [0.15, 0.2) is 24.3 Å². The molecule has 1 saturated heterocycles. The second kappa shape index (κ2) is 6.68. The first kappa shape index (κ1) is 14.0. The minimum Gasteiger partial charge on any atom is -0.394 e. The number of carbonyl (C=O) groups excluding carboxylic acids is 1. The standard InChI is InChI=1S/C15H22N2O2/c1-16-9-8-12-5-2-3-7-14(12)15(19)17-10-4-6-13(17)11-18/h2-3,5,7,13,16,18H,4,6,8-11H2,1H3/t13-/m1/s1. The van der Waals surface area contributed by atoms with Gasteiger partial charge in [0, 0.05) is 12.1 Å². The van der Waals surface area contributed by atoms with Gasteiger partial charge in [-0.25, -0.2) is 0 Å². The van der Waals surface area contributed by atoms with Gasteiger partial charge in [0.2, 0.25) is 0 Å². The van der Waals surface area contributed by atoms with E-state index in [0.717, 1.165) is 43.5 Å². The van der Waals surface area contributed by atoms with Crippen LogP contribution in [0.5, 0.6) is 0 Å². The second-order valence-corrected chi connectivity index (χ2v) is 4.99. The maximum atomic E-state index is 12.6. The molecule has 0 radical (unpaired) electrons. The second-order valence-electron chi connectivity index (χ2n) is 4.99. The van der Waals surface area contributed by atoms with Crippen LogP contribution in [0.2, 0.25) is 0 Å². The van der Waals surface area contributed by atoms with Crippen LogP contribution in [0.4, 0.5) is 0 Å². The summed E-state index contributed by atoms with van der Waals surface area (Å²) in [6.07, 6.45) is 2.73. The number of aliphatic hydroxyl groups is 1. The highest BCUT2D eigenvalue weighted by molar-refractivity contribution is 5.96. The van der Waals surface area contributed by atoms with Gasteiger partial charge in [0.25, 0.3) is 5.91 Å². The summed E-state index contributed by atoms with van der Waals surface area (Å²) in [6.45, 7) is 1.67. The highest BCUT2D eigenvalue weighted by Gasteiger charge is 2.29. The van der Waals surface area contributed by atoms with Gasteiger partial charge in [-0.15, -0.1) is 0 Å². The fourth-order valence-electron chi connectivity index (χ4n) is 2.65. The van der Waals surface area contributed by atoms with Gasteiger partial charge in [0.15, 0.2) is 0 Å². The van der Waals surface area contributed by atoms with Gasteiger partial charge >= 0.3 is 0 Å². The van der Waals surface area contributed by atoms with Gasteiger partial charge in [-0.2, -0.15) is 0 Å². The SMILES string of the molecule is CNCCc1ccccc1C(=O)N1CCC[C@@H]1CO. The minimum atomic E-state index is -0.00939. The average Bonchev–Trinajstić information content (AvgIpc) is 2.93. The van der Waals surface area contributed by atoms with E-state index in [0.29, 0.717) is 0 Å². The Kier molecular flexibility index (Phi) is 4.93. The molecule has 1 aromatic carbocycles. The lowest BCUT2D eigenvalue weighted by atomic mass is 10.0. The molecular formula is C15H22N2O2. The zero-order valence-corrected chi connectivity index (χ0v) is 11.4. The molecular weight excluding hydrogens is 240 g/mol. The molecule has 1 atom stereocenters. The first-order chi connectivity index (χ1) is 9.27. The number of hydrogen-bond acceptors (Lipinski definition) is 3. The quantitative estimate of drug-likeness (QED) is 0.834. The number of likely N-dealkylation sites (tertiary alicyclic amines) is 1. The first-order valence-electron chi connectivity index (χ1n) is 6.92. The fraction of sp³-hybridized carbons (Fsp3) is 0.533. The van der Waals surface area contributed by atoms with Crippen molar-refractivity contribution in [1.82, 2.24) is 10.2 Å². The Morgan fingerprint density at radius 2 is 2.26 bits per heavy atom. The molecule has 104 valence electrons. The molecule has 2 rings (SSSR count). The normalized spacial score (nSPS) is 18.8. The van der Waals surface area contributed by atoms with Gasteiger partial charge in [0.05, 0.1) is 12.6 Å². The molecule has 1 heterocycles. The number of nitrogens with zero attached hydrogens (tertiary/aromatic N) is 1. The van der Waals surface area contributed by atoms with Crippen LogP contribution >= 0.6 is 0 Å². The lowest BCUT2D eigenvalue weighted by Gasteiger charge is -2.24. The monoisotopic (exact) mass is 262 g/mol. The van der Waals surface area contributed by atoms with Crippen molar-refractivity contribution >= 4 is 5.91 Å². The van der Waals surface area contributed by atoms with Crippen molar-refractivity contribution in [2.24, 2.45) is 0 Å². The van der Waals surface area contributed by atoms with E-state index >= 15 is 0 Å². The number of likely N-dealkylation sites (N-methyl/N-ethyl adjacent to an activating group) is 1. The molecule has 0 saturated carbocycles. The van der Waals surface area contributed by atoms with E-state index in [2.05, 4.69) is 5.32 Å². The molecule has 1 aliphatic rings. The zero-order valence-electron chi connectivity index (χ0n) is 11.4. The maximum absolute atomic E-state index is 12.6. The Labute approximate surface area is 114 Å². The largest absolute Gasteiger partial charge is 0.394 e. The van der Waals surface area contributed by atoms with Crippen LogP contribution < -0.4 is 5.32 Å². The predicted octanol–water partition coefficient (Wildman–Crippen LogP) is 1.05. The summed E-state index contributed by atoms with van der Waals surface area (Å²) in [5.74, 6) is 0.0586. The number of nitrogens with one attached hydrogen (secondary N) is 1. The molecule has 1 aliphatic heterocycles. The summed E-state index contributed by atoms with van der Waals surface area (Å²) in [7, 11) is 1.91. The van der Waals surface area contributed by atoms with Crippen LogP contribution in [0.1, 0.15) is 28.8 Å². The topological polar surface area (TPSA) is 52.6 Å². The molecule has 0 aromatic heterocycles.